The van der Waals surface area contributed by atoms with Crippen LogP contribution in [0.5, 0.6) is 0 Å². The molecule has 0 heterocycles. The first kappa shape index (κ1) is 20.7. The minimum Gasteiger partial charge on any atom is -0.319 e. The molecule has 0 N–H and O–H groups in total. The lowest BCUT2D eigenvalue weighted by Gasteiger charge is -2.51. The second kappa shape index (κ2) is 7.58. The van der Waals surface area contributed by atoms with Gasteiger partial charge in [0.1, 0.15) is 8.24 Å². The Morgan fingerprint density at radius 2 is 1.54 bits per heavy atom. The van der Waals surface area contributed by atoms with Gasteiger partial charge >= 0.3 is 0 Å². The summed E-state index contributed by atoms with van der Waals surface area (Å²) in [6.07, 6.45) is 9.06. The summed E-state index contributed by atoms with van der Waals surface area (Å²) >= 11 is 0. The van der Waals surface area contributed by atoms with Gasteiger partial charge in [-0.05, 0) is 87.3 Å². The summed E-state index contributed by atoms with van der Waals surface area (Å²) < 4.78 is 2.94. The van der Waals surface area contributed by atoms with E-state index in [0.717, 1.165) is 35.1 Å². The predicted molar refractivity (Wildman–Crippen MR) is 124 cm³/mol. The van der Waals surface area contributed by atoms with E-state index in [1.54, 1.807) is 12.0 Å². The van der Waals surface area contributed by atoms with E-state index in [4.69, 9.17) is 0 Å². The molecule has 3 fully saturated rings. The maximum atomic E-state index is 2.94. The van der Waals surface area contributed by atoms with Crippen LogP contribution in [-0.2, 0) is 0 Å². The van der Waals surface area contributed by atoms with Crippen molar-refractivity contribution in [2.75, 3.05) is 6.54 Å². The Kier molecular flexibility index (Phi) is 5.59. The van der Waals surface area contributed by atoms with Crippen LogP contribution >= 0.6 is 0 Å². The summed E-state index contributed by atoms with van der Waals surface area (Å²) in [5.41, 5.74) is 2.87. The van der Waals surface area contributed by atoms with Crippen molar-refractivity contribution in [1.29, 1.82) is 0 Å². The van der Waals surface area contributed by atoms with Gasteiger partial charge in [0, 0.05) is 5.54 Å². The summed E-state index contributed by atoms with van der Waals surface area (Å²) in [5, 5.41) is 0. The summed E-state index contributed by atoms with van der Waals surface area (Å²) in [7, 11) is -1.53. The third-order valence-corrected chi connectivity index (χ3v) is 13.9. The fourth-order valence-corrected chi connectivity index (χ4v) is 13.4. The highest BCUT2D eigenvalue weighted by atomic mass is 28.3. The summed E-state index contributed by atoms with van der Waals surface area (Å²) in [4.78, 5) is 0. The summed E-state index contributed by atoms with van der Waals surface area (Å²) in [5.74, 6) is 4.82. The number of rotatable bonds is 4. The van der Waals surface area contributed by atoms with E-state index in [1.165, 1.54) is 38.6 Å². The highest BCUT2D eigenvalue weighted by Gasteiger charge is 2.56. The fraction of sp³-hybridized carbons (Fsp3) is 0.769. The molecule has 0 radical (unpaired) electrons. The minimum absolute atomic E-state index is 0.287. The molecule has 6 atom stereocenters. The van der Waals surface area contributed by atoms with E-state index in [1.807, 2.05) is 0 Å². The van der Waals surface area contributed by atoms with Crippen LogP contribution < -0.4 is 0 Å². The Morgan fingerprint density at radius 1 is 0.929 bits per heavy atom. The van der Waals surface area contributed by atoms with Crippen LogP contribution in [0.25, 0.3) is 0 Å². The molecule has 6 unspecified atom stereocenters. The van der Waals surface area contributed by atoms with E-state index in [2.05, 4.69) is 75.7 Å². The van der Waals surface area contributed by atoms with Crippen molar-refractivity contribution in [3.63, 3.8) is 0 Å². The Bertz CT molecular complexity index is 661. The highest BCUT2D eigenvalue weighted by Crippen LogP contribution is 2.63. The third-order valence-electron chi connectivity index (χ3n) is 9.01. The molecule has 0 aromatic heterocycles. The van der Waals surface area contributed by atoms with Crippen molar-refractivity contribution >= 4 is 8.24 Å². The van der Waals surface area contributed by atoms with Crippen molar-refractivity contribution in [3.05, 3.63) is 35.9 Å². The molecule has 0 bridgehead atoms. The fourth-order valence-electron chi connectivity index (χ4n) is 8.17. The van der Waals surface area contributed by atoms with Crippen molar-refractivity contribution in [3.8, 4) is 0 Å². The molecule has 0 spiro atoms. The zero-order valence-corrected chi connectivity index (χ0v) is 20.2. The number of nitrogens with zero attached hydrogens (tertiary/aromatic N) is 1. The minimum atomic E-state index is -1.53. The average Bonchev–Trinajstić information content (AvgIpc) is 3.23. The van der Waals surface area contributed by atoms with Crippen LogP contribution in [0.2, 0.25) is 18.6 Å². The largest absolute Gasteiger partial charge is 0.319 e. The van der Waals surface area contributed by atoms with Gasteiger partial charge in [0.05, 0.1) is 0 Å². The Labute approximate surface area is 175 Å². The van der Waals surface area contributed by atoms with Crippen molar-refractivity contribution in [2.24, 2.45) is 23.7 Å². The molecule has 1 aromatic carbocycles. The quantitative estimate of drug-likeness (QED) is 0.481. The maximum absolute atomic E-state index is 2.94. The van der Waals surface area contributed by atoms with Gasteiger partial charge < -0.3 is 4.57 Å². The first-order valence-electron chi connectivity index (χ1n) is 12.1. The molecule has 156 valence electrons. The number of fused-ring (bicyclic) bond motifs is 2. The van der Waals surface area contributed by atoms with Gasteiger partial charge in [-0.25, -0.2) is 0 Å². The van der Waals surface area contributed by atoms with Gasteiger partial charge in [0.25, 0.3) is 0 Å². The molecular weight excluding hydrogens is 354 g/mol. The van der Waals surface area contributed by atoms with Crippen molar-refractivity contribution < 1.29 is 0 Å². The van der Waals surface area contributed by atoms with Gasteiger partial charge in [-0.1, -0.05) is 69.6 Å². The van der Waals surface area contributed by atoms with Crippen LogP contribution in [0.15, 0.2) is 30.3 Å². The Hall–Kier alpha value is -0.603. The first-order chi connectivity index (χ1) is 13.2. The first-order valence-corrected chi connectivity index (χ1v) is 15.1. The molecule has 0 aliphatic heterocycles. The lowest BCUT2D eigenvalue weighted by molar-refractivity contribution is 0.142. The zero-order valence-electron chi connectivity index (χ0n) is 19.2. The topological polar surface area (TPSA) is 3.24 Å². The smallest absolute Gasteiger partial charge is 0.126 e. The summed E-state index contributed by atoms with van der Waals surface area (Å²) in [6, 6.07) is 11.6. The second-order valence-electron chi connectivity index (χ2n) is 11.7. The second-order valence-corrected chi connectivity index (χ2v) is 16.3. The molecule has 3 aliphatic rings. The number of benzene rings is 1. The molecule has 2 heteroatoms. The van der Waals surface area contributed by atoms with E-state index in [0.29, 0.717) is 0 Å². The van der Waals surface area contributed by atoms with Gasteiger partial charge in [-0.3, -0.25) is 0 Å². The standard InChI is InChI=1S/C26H43NSi/c1-7-27(26(2,3)4)28(5,6)25-18-22(19-12-9-8-10-13-19)23-16-20-14-11-15-21(20)17-24(23)25/h8-10,12-13,20-25H,7,11,14-18H2,1-6H3. The van der Waals surface area contributed by atoms with E-state index < -0.39 is 8.24 Å². The molecule has 3 saturated carbocycles. The van der Waals surface area contributed by atoms with Crippen LogP contribution in [0.1, 0.15) is 77.7 Å². The van der Waals surface area contributed by atoms with E-state index >= 15 is 0 Å². The molecule has 1 aromatic rings. The van der Waals surface area contributed by atoms with Gasteiger partial charge in [0.15, 0.2) is 0 Å². The molecule has 28 heavy (non-hydrogen) atoms. The highest BCUT2D eigenvalue weighted by molar-refractivity contribution is 6.76. The SMILES string of the molecule is CCN(C(C)(C)C)[Si](C)(C)C1CC(c2ccccc2)C2CC3CCCC3CC21. The van der Waals surface area contributed by atoms with Gasteiger partial charge in [0.2, 0.25) is 0 Å². The maximum Gasteiger partial charge on any atom is 0.126 e. The average molecular weight is 398 g/mol. The van der Waals surface area contributed by atoms with Gasteiger partial charge in [-0.2, -0.15) is 0 Å². The molecule has 4 rings (SSSR count). The van der Waals surface area contributed by atoms with Crippen LogP contribution in [-0.4, -0.2) is 24.9 Å². The summed E-state index contributed by atoms with van der Waals surface area (Å²) in [6.45, 7) is 16.4. The van der Waals surface area contributed by atoms with E-state index in [9.17, 15) is 0 Å². The van der Waals surface area contributed by atoms with Crippen LogP contribution in [0.4, 0.5) is 0 Å². The van der Waals surface area contributed by atoms with Crippen molar-refractivity contribution in [1.82, 2.24) is 4.57 Å². The Balaban J connectivity index is 1.69. The molecule has 1 nitrogen and oxygen atoms in total. The molecule has 3 aliphatic carbocycles. The number of hydrogen-bond donors (Lipinski definition) is 0. The Morgan fingerprint density at radius 3 is 2.11 bits per heavy atom. The van der Waals surface area contributed by atoms with Crippen LogP contribution in [0.3, 0.4) is 0 Å². The molecule has 0 saturated heterocycles. The monoisotopic (exact) mass is 397 g/mol. The van der Waals surface area contributed by atoms with E-state index in [-0.39, 0.29) is 5.54 Å². The van der Waals surface area contributed by atoms with Gasteiger partial charge in [-0.15, -0.1) is 0 Å². The molecule has 0 amide bonds. The number of hydrogen-bond acceptors (Lipinski definition) is 1. The lowest BCUT2D eigenvalue weighted by atomic mass is 9.68. The van der Waals surface area contributed by atoms with Crippen molar-refractivity contribution in [2.45, 2.75) is 96.3 Å². The zero-order chi connectivity index (χ0) is 20.1. The normalized spacial score (nSPS) is 35.8. The molecular formula is C26H43NSi. The lowest BCUT2D eigenvalue weighted by Crippen LogP contribution is -2.60. The predicted octanol–water partition coefficient (Wildman–Crippen LogP) is 7.31. The van der Waals surface area contributed by atoms with Crippen LogP contribution in [0, 0.1) is 23.7 Å². The third kappa shape index (κ3) is 3.53.